The number of aryl methyl sites for hydroxylation is 1. The molecule has 0 radical (unpaired) electrons. The van der Waals surface area contributed by atoms with Gasteiger partial charge in [0.1, 0.15) is 12.4 Å². The molecule has 0 saturated carbocycles. The van der Waals surface area contributed by atoms with Crippen LogP contribution in [-0.4, -0.2) is 43.7 Å². The van der Waals surface area contributed by atoms with Gasteiger partial charge in [0.25, 0.3) is 0 Å². The molecule has 1 aliphatic rings. The Hall–Kier alpha value is -2.57. The second-order valence-corrected chi connectivity index (χ2v) is 6.93. The first kappa shape index (κ1) is 20.2. The first-order chi connectivity index (χ1) is 13.5. The summed E-state index contributed by atoms with van der Waals surface area (Å²) in [4.78, 5) is 26.7. The van der Waals surface area contributed by atoms with Crippen LogP contribution in [0.25, 0.3) is 0 Å². The minimum atomic E-state index is -0.958. The van der Waals surface area contributed by atoms with E-state index < -0.39 is 18.1 Å². The van der Waals surface area contributed by atoms with E-state index in [-0.39, 0.29) is 12.5 Å². The van der Waals surface area contributed by atoms with Crippen LogP contribution in [-0.2, 0) is 25.6 Å². The predicted molar refractivity (Wildman–Crippen MR) is 104 cm³/mol. The summed E-state index contributed by atoms with van der Waals surface area (Å²) >= 11 is 6.53. The Morgan fingerprint density at radius 2 is 1.93 bits per heavy atom. The van der Waals surface area contributed by atoms with Crippen molar-refractivity contribution in [3.8, 4) is 5.75 Å². The molecule has 1 heterocycles. The Morgan fingerprint density at radius 3 is 2.57 bits per heavy atom. The molecular weight excluding hydrogens is 382 g/mol. The molecule has 2 atom stereocenters. The number of esters is 1. The maximum Gasteiger partial charge on any atom is 0.337 e. The smallest absolute Gasteiger partial charge is 0.337 e. The van der Waals surface area contributed by atoms with Crippen LogP contribution in [0.15, 0.2) is 42.5 Å². The number of amides is 1. The molecular formula is C21H22ClNO5. The third-order valence-corrected chi connectivity index (χ3v) is 5.33. The number of rotatable bonds is 5. The molecule has 0 bridgehead atoms. The highest BCUT2D eigenvalue weighted by Crippen LogP contribution is 2.37. The summed E-state index contributed by atoms with van der Waals surface area (Å²) in [5.74, 6) is -0.0453. The number of benzene rings is 2. The molecule has 3 rings (SSSR count). The number of hydrogen-bond donors (Lipinski definition) is 0. The SMILES string of the molecule is COC(=O)C1OCC(=O)N(Cc2ccc(OC)cc2)C1c1cccc(C)c1Cl. The highest BCUT2D eigenvalue weighted by molar-refractivity contribution is 6.32. The molecule has 0 N–H and O–H groups in total. The summed E-state index contributed by atoms with van der Waals surface area (Å²) in [6, 6.07) is 12.2. The van der Waals surface area contributed by atoms with Gasteiger partial charge in [-0.2, -0.15) is 0 Å². The third-order valence-electron chi connectivity index (χ3n) is 4.82. The van der Waals surface area contributed by atoms with Gasteiger partial charge in [-0.15, -0.1) is 0 Å². The largest absolute Gasteiger partial charge is 0.497 e. The van der Waals surface area contributed by atoms with Crippen molar-refractivity contribution >= 4 is 23.5 Å². The standard InChI is InChI=1S/C21H22ClNO5/c1-13-5-4-6-16(18(13)22)19-20(21(25)27-3)28-12-17(24)23(19)11-14-7-9-15(26-2)10-8-14/h4-10,19-20H,11-12H2,1-3H3. The van der Waals surface area contributed by atoms with Crippen molar-refractivity contribution in [2.75, 3.05) is 20.8 Å². The van der Waals surface area contributed by atoms with Gasteiger partial charge in [0.2, 0.25) is 5.91 Å². The summed E-state index contributed by atoms with van der Waals surface area (Å²) in [7, 11) is 2.89. The number of carbonyl (C=O) groups excluding carboxylic acids is 2. The van der Waals surface area contributed by atoms with E-state index in [1.165, 1.54) is 7.11 Å². The molecule has 28 heavy (non-hydrogen) atoms. The van der Waals surface area contributed by atoms with Crippen LogP contribution in [0.1, 0.15) is 22.7 Å². The molecule has 1 saturated heterocycles. The zero-order valence-electron chi connectivity index (χ0n) is 16.0. The van der Waals surface area contributed by atoms with E-state index in [0.29, 0.717) is 17.1 Å². The highest BCUT2D eigenvalue weighted by Gasteiger charge is 2.43. The first-order valence-electron chi connectivity index (χ1n) is 8.83. The zero-order chi connectivity index (χ0) is 20.3. The second kappa shape index (κ2) is 8.63. The molecule has 0 aromatic heterocycles. The van der Waals surface area contributed by atoms with Crippen molar-refractivity contribution in [1.82, 2.24) is 4.90 Å². The van der Waals surface area contributed by atoms with Gasteiger partial charge in [0, 0.05) is 11.6 Å². The summed E-state index contributed by atoms with van der Waals surface area (Å²) in [5.41, 5.74) is 2.40. The summed E-state index contributed by atoms with van der Waals surface area (Å²) in [6.07, 6.45) is -0.958. The predicted octanol–water partition coefficient (Wildman–Crippen LogP) is 3.30. The molecule has 1 fully saturated rings. The molecule has 1 aliphatic heterocycles. The van der Waals surface area contributed by atoms with Crippen molar-refractivity contribution in [3.63, 3.8) is 0 Å². The van der Waals surface area contributed by atoms with Crippen LogP contribution in [0.2, 0.25) is 5.02 Å². The minimum Gasteiger partial charge on any atom is -0.497 e. The monoisotopic (exact) mass is 403 g/mol. The van der Waals surface area contributed by atoms with Crippen LogP contribution < -0.4 is 4.74 Å². The van der Waals surface area contributed by atoms with Gasteiger partial charge >= 0.3 is 5.97 Å². The second-order valence-electron chi connectivity index (χ2n) is 6.55. The van der Waals surface area contributed by atoms with Crippen LogP contribution in [0.3, 0.4) is 0 Å². The zero-order valence-corrected chi connectivity index (χ0v) is 16.7. The maximum absolute atomic E-state index is 12.7. The van der Waals surface area contributed by atoms with E-state index in [9.17, 15) is 9.59 Å². The Kier molecular flexibility index (Phi) is 6.21. The fraction of sp³-hybridized carbons (Fsp3) is 0.333. The fourth-order valence-corrected chi connectivity index (χ4v) is 3.55. The highest BCUT2D eigenvalue weighted by atomic mass is 35.5. The Bertz CT molecular complexity index is 868. The lowest BCUT2D eigenvalue weighted by Crippen LogP contribution is -2.51. The van der Waals surface area contributed by atoms with Crippen LogP contribution in [0.4, 0.5) is 0 Å². The van der Waals surface area contributed by atoms with E-state index in [1.807, 2.05) is 43.3 Å². The van der Waals surface area contributed by atoms with Gasteiger partial charge in [0.05, 0.1) is 20.3 Å². The topological polar surface area (TPSA) is 65.1 Å². The fourth-order valence-electron chi connectivity index (χ4n) is 3.31. The average Bonchev–Trinajstić information content (AvgIpc) is 2.71. The van der Waals surface area contributed by atoms with Gasteiger partial charge in [0.15, 0.2) is 6.10 Å². The number of ether oxygens (including phenoxy) is 3. The Balaban J connectivity index is 2.02. The minimum absolute atomic E-state index is 0.199. The molecule has 1 amide bonds. The number of halogens is 1. The Morgan fingerprint density at radius 1 is 1.21 bits per heavy atom. The van der Waals surface area contributed by atoms with Crippen molar-refractivity contribution < 1.29 is 23.8 Å². The van der Waals surface area contributed by atoms with Crippen LogP contribution >= 0.6 is 11.6 Å². The molecule has 6 nitrogen and oxygen atoms in total. The van der Waals surface area contributed by atoms with E-state index in [1.54, 1.807) is 18.1 Å². The van der Waals surface area contributed by atoms with Crippen molar-refractivity contribution in [2.24, 2.45) is 0 Å². The normalized spacial score (nSPS) is 19.4. The quantitative estimate of drug-likeness (QED) is 0.717. The molecule has 0 spiro atoms. The van der Waals surface area contributed by atoms with Crippen molar-refractivity contribution in [2.45, 2.75) is 25.6 Å². The number of methoxy groups -OCH3 is 2. The lowest BCUT2D eigenvalue weighted by Gasteiger charge is -2.40. The molecule has 2 aromatic rings. The molecule has 2 aromatic carbocycles. The molecule has 7 heteroatoms. The Labute approximate surface area is 168 Å². The summed E-state index contributed by atoms with van der Waals surface area (Å²) in [6.45, 7) is 1.97. The van der Waals surface area contributed by atoms with Gasteiger partial charge in [-0.05, 0) is 35.7 Å². The summed E-state index contributed by atoms with van der Waals surface area (Å²) < 4.78 is 15.7. The van der Waals surface area contributed by atoms with E-state index in [4.69, 9.17) is 25.8 Å². The van der Waals surface area contributed by atoms with Crippen LogP contribution in [0.5, 0.6) is 5.75 Å². The third kappa shape index (κ3) is 3.98. The van der Waals surface area contributed by atoms with Gasteiger partial charge in [-0.25, -0.2) is 4.79 Å². The van der Waals surface area contributed by atoms with E-state index in [2.05, 4.69) is 0 Å². The maximum atomic E-state index is 12.7. The van der Waals surface area contributed by atoms with Gasteiger partial charge < -0.3 is 19.1 Å². The number of morpholine rings is 1. The average molecular weight is 404 g/mol. The number of nitrogens with zero attached hydrogens (tertiary/aromatic N) is 1. The molecule has 2 unspecified atom stereocenters. The number of hydrogen-bond acceptors (Lipinski definition) is 5. The lowest BCUT2D eigenvalue weighted by atomic mass is 9.95. The summed E-state index contributed by atoms with van der Waals surface area (Å²) in [5, 5.41) is 0.499. The van der Waals surface area contributed by atoms with Crippen LogP contribution in [0, 0.1) is 6.92 Å². The van der Waals surface area contributed by atoms with Crippen molar-refractivity contribution in [1.29, 1.82) is 0 Å². The molecule has 0 aliphatic carbocycles. The van der Waals surface area contributed by atoms with Gasteiger partial charge in [-0.3, -0.25) is 4.79 Å². The van der Waals surface area contributed by atoms with E-state index >= 15 is 0 Å². The van der Waals surface area contributed by atoms with Crippen molar-refractivity contribution in [3.05, 3.63) is 64.2 Å². The van der Waals surface area contributed by atoms with E-state index in [0.717, 1.165) is 16.9 Å². The first-order valence-corrected chi connectivity index (χ1v) is 9.21. The molecule has 148 valence electrons. The number of carbonyl (C=O) groups is 2. The van der Waals surface area contributed by atoms with Gasteiger partial charge in [-0.1, -0.05) is 41.9 Å². The lowest BCUT2D eigenvalue weighted by molar-refractivity contribution is -0.176.